The van der Waals surface area contributed by atoms with Crippen molar-refractivity contribution in [1.29, 1.82) is 0 Å². The zero-order valence-corrected chi connectivity index (χ0v) is 12.0. The summed E-state index contributed by atoms with van der Waals surface area (Å²) in [5.74, 6) is 12.5. The molecule has 0 aliphatic carbocycles. The van der Waals surface area contributed by atoms with Gasteiger partial charge in [-0.15, -0.1) is 0 Å². The van der Waals surface area contributed by atoms with E-state index in [0.717, 1.165) is 22.3 Å². The number of hydrogen-bond acceptors (Lipinski definition) is 0. The van der Waals surface area contributed by atoms with Crippen LogP contribution in [-0.4, -0.2) is 0 Å². The summed E-state index contributed by atoms with van der Waals surface area (Å²) in [6, 6.07) is 29.0. The van der Waals surface area contributed by atoms with E-state index in [4.69, 9.17) is 0 Å². The van der Waals surface area contributed by atoms with Crippen molar-refractivity contribution in [2.75, 3.05) is 0 Å². The van der Waals surface area contributed by atoms with Crippen LogP contribution in [0.1, 0.15) is 22.3 Å². The molecule has 0 spiro atoms. The molecule has 101 valence electrons. The highest BCUT2D eigenvalue weighted by Crippen LogP contribution is 2.04. The molecule has 0 unspecified atom stereocenters. The molecule has 3 rings (SSSR count). The fourth-order valence-corrected chi connectivity index (χ4v) is 1.94. The molecule has 0 heteroatoms. The van der Waals surface area contributed by atoms with E-state index >= 15 is 0 Å². The Bertz CT molecular complexity index is 794. The van der Waals surface area contributed by atoms with Crippen LogP contribution in [0.25, 0.3) is 0 Å². The first-order valence-electron chi connectivity index (χ1n) is 7.07. The Morgan fingerprint density at radius 3 is 1.36 bits per heavy atom. The second-order valence-electron chi connectivity index (χ2n) is 4.71. The van der Waals surface area contributed by atoms with E-state index in [2.05, 4.69) is 29.7 Å². The van der Waals surface area contributed by atoms with Crippen molar-refractivity contribution in [2.24, 2.45) is 0 Å². The van der Waals surface area contributed by atoms with E-state index in [1.54, 1.807) is 0 Å². The molecule has 3 aromatic rings. The molecule has 0 saturated carbocycles. The lowest BCUT2D eigenvalue weighted by molar-refractivity contribution is 1.57. The van der Waals surface area contributed by atoms with Crippen molar-refractivity contribution < 1.29 is 0 Å². The highest BCUT2D eigenvalue weighted by atomic mass is 13.9. The molecule has 0 N–H and O–H groups in total. The van der Waals surface area contributed by atoms with Gasteiger partial charge >= 0.3 is 0 Å². The average Bonchev–Trinajstić information content (AvgIpc) is 2.60. The van der Waals surface area contributed by atoms with Gasteiger partial charge in [-0.05, 0) is 36.4 Å². The summed E-state index contributed by atoms with van der Waals surface area (Å²) >= 11 is 0. The van der Waals surface area contributed by atoms with Crippen molar-refractivity contribution in [3.63, 3.8) is 0 Å². The van der Waals surface area contributed by atoms with Gasteiger partial charge in [0.15, 0.2) is 0 Å². The Morgan fingerprint density at radius 1 is 0.455 bits per heavy atom. The number of hydrogen-bond donors (Lipinski definition) is 0. The summed E-state index contributed by atoms with van der Waals surface area (Å²) in [5.41, 5.74) is 3.70. The number of rotatable bonds is 0. The smallest absolute Gasteiger partial charge is 0.0340 e. The van der Waals surface area contributed by atoms with Crippen molar-refractivity contribution in [2.45, 2.75) is 0 Å². The normalized spacial score (nSPS) is 9.09. The zero-order chi connectivity index (χ0) is 15.0. The fourth-order valence-electron chi connectivity index (χ4n) is 1.94. The molecule has 0 aromatic heterocycles. The molecule has 3 aromatic carbocycles. The number of benzene rings is 3. The van der Waals surface area contributed by atoms with Gasteiger partial charge in [-0.1, -0.05) is 66.1 Å². The summed E-state index contributed by atoms with van der Waals surface area (Å²) in [5, 5.41) is 0. The van der Waals surface area contributed by atoms with Gasteiger partial charge in [0.25, 0.3) is 0 Å². The van der Waals surface area contributed by atoms with Crippen LogP contribution in [0.5, 0.6) is 0 Å². The highest BCUT2D eigenvalue weighted by Gasteiger charge is 1.91. The monoisotopic (exact) mass is 277 g/mol. The summed E-state index contributed by atoms with van der Waals surface area (Å²) in [7, 11) is 0. The van der Waals surface area contributed by atoms with Gasteiger partial charge in [0.05, 0.1) is 0 Å². The van der Waals surface area contributed by atoms with E-state index in [-0.39, 0.29) is 0 Å². The van der Waals surface area contributed by atoms with Crippen molar-refractivity contribution in [3.8, 4) is 23.7 Å². The third kappa shape index (κ3) is 3.89. The molecular formula is C22H13. The second-order valence-corrected chi connectivity index (χ2v) is 4.71. The van der Waals surface area contributed by atoms with Gasteiger partial charge in [-0.3, -0.25) is 0 Å². The van der Waals surface area contributed by atoms with Crippen molar-refractivity contribution >= 4 is 0 Å². The maximum atomic E-state index is 3.24. The quantitative estimate of drug-likeness (QED) is 0.538. The Balaban J connectivity index is 1.82. The van der Waals surface area contributed by atoms with E-state index < -0.39 is 0 Å². The van der Waals surface area contributed by atoms with E-state index in [1.807, 2.05) is 78.9 Å². The van der Waals surface area contributed by atoms with Crippen molar-refractivity contribution in [1.82, 2.24) is 0 Å². The van der Waals surface area contributed by atoms with Crippen LogP contribution >= 0.6 is 0 Å². The van der Waals surface area contributed by atoms with Gasteiger partial charge in [0.1, 0.15) is 0 Å². The molecular weight excluding hydrogens is 264 g/mol. The predicted molar refractivity (Wildman–Crippen MR) is 90.1 cm³/mol. The van der Waals surface area contributed by atoms with Crippen LogP contribution in [-0.2, 0) is 0 Å². The van der Waals surface area contributed by atoms with Crippen LogP contribution in [0.15, 0.2) is 78.9 Å². The van der Waals surface area contributed by atoms with Crippen LogP contribution in [0.3, 0.4) is 0 Å². The molecule has 0 aliphatic heterocycles. The highest BCUT2D eigenvalue weighted by molar-refractivity contribution is 5.48. The van der Waals surface area contributed by atoms with Crippen LogP contribution in [0.4, 0.5) is 0 Å². The Morgan fingerprint density at radius 2 is 0.909 bits per heavy atom. The standard InChI is InChI=1S/C22H13/c1-3-8-19(9-4-1)14-16-21-12-7-13-22(18-21)17-15-20-10-5-2-6-11-20/h1-13H. The van der Waals surface area contributed by atoms with Gasteiger partial charge < -0.3 is 0 Å². The lowest BCUT2D eigenvalue weighted by Gasteiger charge is -1.92. The summed E-state index contributed by atoms with van der Waals surface area (Å²) in [6.07, 6.45) is 0. The molecule has 0 atom stereocenters. The summed E-state index contributed by atoms with van der Waals surface area (Å²) in [4.78, 5) is 0. The van der Waals surface area contributed by atoms with E-state index in [0.29, 0.717) is 0 Å². The molecule has 22 heavy (non-hydrogen) atoms. The van der Waals surface area contributed by atoms with Gasteiger partial charge in [-0.2, -0.15) is 0 Å². The molecule has 0 heterocycles. The maximum Gasteiger partial charge on any atom is 0.0340 e. The first-order valence-corrected chi connectivity index (χ1v) is 7.07. The Hall–Kier alpha value is -3.22. The maximum absolute atomic E-state index is 3.24. The lowest BCUT2D eigenvalue weighted by atomic mass is 10.1. The molecule has 0 bridgehead atoms. The molecule has 0 saturated heterocycles. The van der Waals surface area contributed by atoms with Crippen LogP contribution < -0.4 is 0 Å². The average molecular weight is 277 g/mol. The third-order valence-electron chi connectivity index (χ3n) is 3.03. The van der Waals surface area contributed by atoms with Crippen LogP contribution in [0.2, 0.25) is 0 Å². The molecule has 0 nitrogen and oxygen atoms in total. The van der Waals surface area contributed by atoms with E-state index in [1.165, 1.54) is 0 Å². The minimum Gasteiger partial charge on any atom is -0.0622 e. The molecule has 0 amide bonds. The lowest BCUT2D eigenvalue weighted by Crippen LogP contribution is -1.80. The van der Waals surface area contributed by atoms with Gasteiger partial charge in [0.2, 0.25) is 0 Å². The fraction of sp³-hybridized carbons (Fsp3) is 0. The van der Waals surface area contributed by atoms with Gasteiger partial charge in [0, 0.05) is 28.3 Å². The first-order chi connectivity index (χ1) is 10.9. The topological polar surface area (TPSA) is 0 Å². The molecule has 0 aliphatic rings. The third-order valence-corrected chi connectivity index (χ3v) is 3.03. The minimum absolute atomic E-state index is 0.851. The Labute approximate surface area is 131 Å². The predicted octanol–water partition coefficient (Wildman–Crippen LogP) is 4.29. The minimum atomic E-state index is 0.851. The summed E-state index contributed by atoms with van der Waals surface area (Å²) < 4.78 is 0. The van der Waals surface area contributed by atoms with Gasteiger partial charge in [-0.25, -0.2) is 0 Å². The Kier molecular flexibility index (Phi) is 4.36. The molecule has 0 fully saturated rings. The zero-order valence-electron chi connectivity index (χ0n) is 12.0. The van der Waals surface area contributed by atoms with Crippen LogP contribution in [0, 0.1) is 29.7 Å². The SMILES string of the molecule is C(#Cc1ccccc1)c1[c]c(C#Cc2ccccc2)ccc1. The largest absolute Gasteiger partial charge is 0.0622 e. The first kappa shape index (κ1) is 13.7. The van der Waals surface area contributed by atoms with Crippen molar-refractivity contribution in [3.05, 3.63) is 107 Å². The molecule has 1 radical (unpaired) electrons. The van der Waals surface area contributed by atoms with E-state index in [9.17, 15) is 0 Å². The second kappa shape index (κ2) is 6.98. The summed E-state index contributed by atoms with van der Waals surface area (Å²) in [6.45, 7) is 0.